The van der Waals surface area contributed by atoms with E-state index >= 15 is 0 Å². The molecule has 0 aliphatic carbocycles. The minimum atomic E-state index is -0.566. The van der Waals surface area contributed by atoms with Gasteiger partial charge in [-0.05, 0) is 30.2 Å². The molecule has 0 amide bonds. The van der Waals surface area contributed by atoms with Gasteiger partial charge in [0.05, 0.1) is 5.56 Å². The molecule has 0 spiro atoms. The predicted molar refractivity (Wildman–Crippen MR) is 76.3 cm³/mol. The Hall–Kier alpha value is -1.81. The highest BCUT2D eigenvalue weighted by Crippen LogP contribution is 2.27. The smallest absolute Gasteiger partial charge is 0.136 e. The molecule has 0 unspecified atom stereocenters. The Labute approximate surface area is 117 Å². The van der Waals surface area contributed by atoms with E-state index in [0.717, 1.165) is 5.56 Å². The molecular weight excluding hydrogens is 258 g/mol. The summed E-state index contributed by atoms with van der Waals surface area (Å²) in [7, 11) is 0. The molecule has 2 aromatic rings. The molecule has 2 nitrogen and oxygen atoms in total. The maximum atomic E-state index is 14.1. The third-order valence-electron chi connectivity index (χ3n) is 3.08. The van der Waals surface area contributed by atoms with Crippen LogP contribution in [-0.2, 0) is 6.54 Å². The summed E-state index contributed by atoms with van der Waals surface area (Å²) in [6.45, 7) is 6.32. The topological polar surface area (TPSA) is 24.9 Å². The molecule has 0 saturated carbocycles. The Kier molecular flexibility index (Phi) is 4.45. The second-order valence-corrected chi connectivity index (χ2v) is 5.17. The molecule has 0 aliphatic rings. The average Bonchev–Trinajstić information content (AvgIpc) is 2.42. The second kappa shape index (κ2) is 6.09. The molecule has 2 rings (SSSR count). The van der Waals surface area contributed by atoms with Gasteiger partial charge in [0.25, 0.3) is 0 Å². The third kappa shape index (κ3) is 3.20. The van der Waals surface area contributed by atoms with Crippen molar-refractivity contribution in [3.05, 3.63) is 53.4 Å². The van der Waals surface area contributed by atoms with Crippen LogP contribution >= 0.6 is 0 Å². The van der Waals surface area contributed by atoms with E-state index in [1.807, 2.05) is 13.8 Å². The van der Waals surface area contributed by atoms with Crippen LogP contribution < -0.4 is 5.32 Å². The number of halogens is 2. The highest BCUT2D eigenvalue weighted by atomic mass is 19.1. The number of benzene rings is 1. The van der Waals surface area contributed by atoms with Gasteiger partial charge >= 0.3 is 0 Å². The summed E-state index contributed by atoms with van der Waals surface area (Å²) in [6.07, 6.45) is 3.18. The van der Waals surface area contributed by atoms with Crippen molar-refractivity contribution in [3.8, 4) is 11.1 Å². The summed E-state index contributed by atoms with van der Waals surface area (Å²) in [5.74, 6) is -1.09. The largest absolute Gasteiger partial charge is 0.310 e. The number of aryl methyl sites for hydroxylation is 1. The zero-order valence-corrected chi connectivity index (χ0v) is 11.9. The Morgan fingerprint density at radius 2 is 1.95 bits per heavy atom. The molecule has 1 aromatic heterocycles. The van der Waals surface area contributed by atoms with Crippen LogP contribution in [0.5, 0.6) is 0 Å². The monoisotopic (exact) mass is 276 g/mol. The molecule has 0 bridgehead atoms. The van der Waals surface area contributed by atoms with Crippen molar-refractivity contribution in [2.24, 2.45) is 0 Å². The minimum Gasteiger partial charge on any atom is -0.310 e. The Bertz CT molecular complexity index is 609. The first-order valence-corrected chi connectivity index (χ1v) is 6.61. The highest BCUT2D eigenvalue weighted by molar-refractivity contribution is 5.65. The minimum absolute atomic E-state index is 0.0103. The number of aromatic nitrogens is 1. The van der Waals surface area contributed by atoms with Crippen LogP contribution in [0.2, 0.25) is 0 Å². The molecule has 0 aliphatic heterocycles. The lowest BCUT2D eigenvalue weighted by Gasteiger charge is -2.11. The summed E-state index contributed by atoms with van der Waals surface area (Å²) in [5.41, 5.74) is 1.78. The number of hydrogen-bond acceptors (Lipinski definition) is 2. The van der Waals surface area contributed by atoms with Crippen molar-refractivity contribution < 1.29 is 8.78 Å². The number of nitrogens with zero attached hydrogens (tertiary/aromatic N) is 1. The number of hydrogen-bond donors (Lipinski definition) is 1. The van der Waals surface area contributed by atoms with Gasteiger partial charge in [-0.25, -0.2) is 8.78 Å². The lowest BCUT2D eigenvalue weighted by Crippen LogP contribution is -2.21. The first-order valence-electron chi connectivity index (χ1n) is 6.61. The van der Waals surface area contributed by atoms with Gasteiger partial charge in [-0.2, -0.15) is 0 Å². The predicted octanol–water partition coefficient (Wildman–Crippen LogP) is 3.83. The van der Waals surface area contributed by atoms with E-state index in [2.05, 4.69) is 10.3 Å². The average molecular weight is 276 g/mol. The van der Waals surface area contributed by atoms with E-state index in [9.17, 15) is 8.78 Å². The zero-order chi connectivity index (χ0) is 14.7. The van der Waals surface area contributed by atoms with Crippen molar-refractivity contribution in [3.63, 3.8) is 0 Å². The molecule has 0 radical (unpaired) electrons. The fraction of sp³-hybridized carbons (Fsp3) is 0.312. The lowest BCUT2D eigenvalue weighted by atomic mass is 10.0. The van der Waals surface area contributed by atoms with Gasteiger partial charge in [0.15, 0.2) is 0 Å². The quantitative estimate of drug-likeness (QED) is 0.918. The Morgan fingerprint density at radius 3 is 2.65 bits per heavy atom. The van der Waals surface area contributed by atoms with E-state index in [-0.39, 0.29) is 5.56 Å². The van der Waals surface area contributed by atoms with Crippen LogP contribution in [0.25, 0.3) is 11.1 Å². The molecule has 0 atom stereocenters. The van der Waals surface area contributed by atoms with Gasteiger partial charge in [0.1, 0.15) is 11.6 Å². The number of pyridine rings is 1. The van der Waals surface area contributed by atoms with Crippen LogP contribution in [0.3, 0.4) is 0 Å². The molecule has 0 fully saturated rings. The fourth-order valence-corrected chi connectivity index (χ4v) is 1.96. The second-order valence-electron chi connectivity index (χ2n) is 5.17. The number of nitrogens with one attached hydrogen (secondary N) is 1. The SMILES string of the molecule is Cc1ccc(F)c(-c2cncc(CNC(C)C)c2)c1F. The van der Waals surface area contributed by atoms with E-state index in [1.165, 1.54) is 18.3 Å². The van der Waals surface area contributed by atoms with E-state index in [1.54, 1.807) is 19.2 Å². The zero-order valence-electron chi connectivity index (χ0n) is 11.9. The summed E-state index contributed by atoms with van der Waals surface area (Å²) in [6, 6.07) is 4.83. The molecule has 20 heavy (non-hydrogen) atoms. The third-order valence-corrected chi connectivity index (χ3v) is 3.08. The van der Waals surface area contributed by atoms with Crippen molar-refractivity contribution in [2.75, 3.05) is 0 Å². The van der Waals surface area contributed by atoms with Crippen LogP contribution in [0, 0.1) is 18.6 Å². The van der Waals surface area contributed by atoms with Gasteiger partial charge in [-0.3, -0.25) is 4.98 Å². The van der Waals surface area contributed by atoms with Gasteiger partial charge < -0.3 is 5.32 Å². The fourth-order valence-electron chi connectivity index (χ4n) is 1.96. The number of rotatable bonds is 4. The van der Waals surface area contributed by atoms with Crippen LogP contribution in [0.4, 0.5) is 8.78 Å². The van der Waals surface area contributed by atoms with Crippen molar-refractivity contribution in [1.82, 2.24) is 10.3 Å². The van der Waals surface area contributed by atoms with Gasteiger partial charge in [-0.15, -0.1) is 0 Å². The van der Waals surface area contributed by atoms with Crippen molar-refractivity contribution in [1.29, 1.82) is 0 Å². The summed E-state index contributed by atoms with van der Waals surface area (Å²) in [4.78, 5) is 4.08. The lowest BCUT2D eigenvalue weighted by molar-refractivity contribution is 0.582. The van der Waals surface area contributed by atoms with Crippen LogP contribution in [-0.4, -0.2) is 11.0 Å². The molecule has 106 valence electrons. The van der Waals surface area contributed by atoms with Gasteiger partial charge in [0.2, 0.25) is 0 Å². The maximum absolute atomic E-state index is 14.1. The van der Waals surface area contributed by atoms with Crippen LogP contribution in [0.1, 0.15) is 25.0 Å². The first kappa shape index (κ1) is 14.6. The molecule has 0 saturated heterocycles. The van der Waals surface area contributed by atoms with Gasteiger partial charge in [0, 0.05) is 30.5 Å². The van der Waals surface area contributed by atoms with Crippen molar-refractivity contribution in [2.45, 2.75) is 33.4 Å². The summed E-state index contributed by atoms with van der Waals surface area (Å²) in [5, 5.41) is 3.25. The molecule has 1 N–H and O–H groups in total. The van der Waals surface area contributed by atoms with Crippen molar-refractivity contribution >= 4 is 0 Å². The normalized spacial score (nSPS) is 11.1. The Balaban J connectivity index is 2.39. The van der Waals surface area contributed by atoms with E-state index < -0.39 is 11.6 Å². The standard InChI is InChI=1S/C16H18F2N2/c1-10(2)20-8-12-6-13(9-19-7-12)15-14(17)5-4-11(3)16(15)18/h4-7,9-10,20H,8H2,1-3H3. The Morgan fingerprint density at radius 1 is 1.20 bits per heavy atom. The van der Waals surface area contributed by atoms with E-state index in [4.69, 9.17) is 0 Å². The summed E-state index contributed by atoms with van der Waals surface area (Å²) < 4.78 is 28.0. The van der Waals surface area contributed by atoms with E-state index in [0.29, 0.717) is 23.7 Å². The molecule has 1 aromatic carbocycles. The van der Waals surface area contributed by atoms with Crippen LogP contribution in [0.15, 0.2) is 30.6 Å². The maximum Gasteiger partial charge on any atom is 0.136 e. The molecule has 4 heteroatoms. The molecule has 1 heterocycles. The first-order chi connectivity index (χ1) is 9.49. The highest BCUT2D eigenvalue weighted by Gasteiger charge is 2.14. The molecular formula is C16H18F2N2. The summed E-state index contributed by atoms with van der Waals surface area (Å²) >= 11 is 0. The van der Waals surface area contributed by atoms with Gasteiger partial charge in [-0.1, -0.05) is 19.9 Å².